The number of halogens is 3. The van der Waals surface area contributed by atoms with E-state index >= 15 is 0 Å². The Balaban J connectivity index is 1.49. The molecular formula is C23H24F3N5O2. The highest BCUT2D eigenvalue weighted by molar-refractivity contribution is 5.88. The molecule has 1 amide bonds. The molecule has 1 saturated carbocycles. The van der Waals surface area contributed by atoms with Crippen molar-refractivity contribution in [3.8, 4) is 0 Å². The van der Waals surface area contributed by atoms with Crippen molar-refractivity contribution < 1.29 is 22.7 Å². The number of benzene rings is 1. The van der Waals surface area contributed by atoms with Gasteiger partial charge in [-0.15, -0.1) is 0 Å². The van der Waals surface area contributed by atoms with Crippen LogP contribution in [0.5, 0.6) is 0 Å². The van der Waals surface area contributed by atoms with Gasteiger partial charge in [0.25, 0.3) is 5.91 Å². The Kier molecular flexibility index (Phi) is 4.89. The lowest BCUT2D eigenvalue weighted by Crippen LogP contribution is -2.38. The molecule has 0 spiro atoms. The van der Waals surface area contributed by atoms with Crippen molar-refractivity contribution in [3.05, 3.63) is 58.5 Å². The molecule has 174 valence electrons. The van der Waals surface area contributed by atoms with Crippen LogP contribution in [0.3, 0.4) is 0 Å². The van der Waals surface area contributed by atoms with Crippen LogP contribution in [0.1, 0.15) is 53.9 Å². The Morgan fingerprint density at radius 3 is 2.70 bits per heavy atom. The maximum atomic E-state index is 13.2. The molecule has 3 aromatic rings. The van der Waals surface area contributed by atoms with Crippen molar-refractivity contribution in [1.82, 2.24) is 19.3 Å². The number of nitrogens with zero attached hydrogens (tertiary/aromatic N) is 4. The van der Waals surface area contributed by atoms with Gasteiger partial charge >= 0.3 is 6.18 Å². The van der Waals surface area contributed by atoms with Crippen molar-refractivity contribution in [2.45, 2.75) is 57.6 Å². The van der Waals surface area contributed by atoms with Crippen molar-refractivity contribution in [3.63, 3.8) is 0 Å². The normalized spacial score (nSPS) is 17.8. The van der Waals surface area contributed by atoms with Gasteiger partial charge in [0.1, 0.15) is 11.4 Å². The summed E-state index contributed by atoms with van der Waals surface area (Å²) in [5.41, 5.74) is 1.68. The molecule has 0 bridgehead atoms. The molecule has 5 rings (SSSR count). The van der Waals surface area contributed by atoms with E-state index < -0.39 is 23.4 Å². The molecule has 3 heterocycles. The predicted octanol–water partition coefficient (Wildman–Crippen LogP) is 4.25. The topological polar surface area (TPSA) is 71.8 Å². The summed E-state index contributed by atoms with van der Waals surface area (Å²) >= 11 is 0. The number of aryl methyl sites for hydroxylation is 1. The van der Waals surface area contributed by atoms with Crippen LogP contribution in [-0.2, 0) is 28.8 Å². The Morgan fingerprint density at radius 2 is 2.03 bits per heavy atom. The Labute approximate surface area is 188 Å². The number of rotatable bonds is 5. The number of nitrogens with one attached hydrogen (secondary N) is 1. The molecule has 7 nitrogen and oxygen atoms in total. The minimum Gasteiger partial charge on any atom is -0.368 e. The van der Waals surface area contributed by atoms with Crippen LogP contribution in [0.4, 0.5) is 19.0 Å². The molecule has 0 radical (unpaired) electrons. The lowest BCUT2D eigenvalue weighted by molar-refractivity contribution is -0.145. The van der Waals surface area contributed by atoms with Crippen LogP contribution in [0.15, 0.2) is 30.5 Å². The van der Waals surface area contributed by atoms with Crippen LogP contribution < -0.4 is 5.32 Å². The maximum Gasteiger partial charge on any atom is 0.416 e. The van der Waals surface area contributed by atoms with Gasteiger partial charge in [-0.3, -0.25) is 9.20 Å². The van der Waals surface area contributed by atoms with Crippen LogP contribution in [0, 0.1) is 6.92 Å². The first-order valence-electron chi connectivity index (χ1n) is 10.8. The van der Waals surface area contributed by atoms with E-state index in [0.29, 0.717) is 43.1 Å². The first-order valence-corrected chi connectivity index (χ1v) is 10.8. The van der Waals surface area contributed by atoms with Crippen LogP contribution in [0.25, 0.3) is 5.78 Å². The minimum absolute atomic E-state index is 0.0519. The van der Waals surface area contributed by atoms with Gasteiger partial charge in [0.05, 0.1) is 30.5 Å². The van der Waals surface area contributed by atoms with Gasteiger partial charge in [-0.05, 0) is 44.4 Å². The van der Waals surface area contributed by atoms with Gasteiger partial charge in [-0.25, -0.2) is 4.98 Å². The molecule has 1 aliphatic carbocycles. The maximum absolute atomic E-state index is 13.2. The molecule has 10 heteroatoms. The zero-order valence-electron chi connectivity index (χ0n) is 18.5. The first-order chi connectivity index (χ1) is 15.6. The molecule has 0 unspecified atom stereocenters. The number of amides is 1. The minimum atomic E-state index is -4.41. The zero-order valence-corrected chi connectivity index (χ0v) is 18.5. The average Bonchev–Trinajstić information content (AvgIpc) is 3.32. The number of hydrogen-bond donors (Lipinski definition) is 1. The number of anilines is 1. The summed E-state index contributed by atoms with van der Waals surface area (Å²) in [7, 11) is 1.55. The summed E-state index contributed by atoms with van der Waals surface area (Å²) in [4.78, 5) is 23.9. The SMILES string of the molecule is COC1(C(=O)N2Cc3c(N[C@H](C)c4cccc(C(F)(F)F)c4)nc4ncc(C)n4c3C2)CC1. The third-order valence-electron chi connectivity index (χ3n) is 6.56. The molecule has 1 fully saturated rings. The van der Waals surface area contributed by atoms with E-state index in [1.165, 1.54) is 6.07 Å². The quantitative estimate of drug-likeness (QED) is 0.618. The standard InChI is InChI=1S/C23H24F3N5O2/c1-13-10-27-21-29-19(28-14(2)15-5-4-6-16(9-15)23(24,25)26)17-11-30(12-18(17)31(13)21)20(32)22(33-3)7-8-22/h4-6,9-10,14H,7-8,11-12H2,1-3H3,(H,27,28,29)/t14-/m1/s1. The van der Waals surface area contributed by atoms with Gasteiger partial charge in [-0.2, -0.15) is 18.2 Å². The van der Waals surface area contributed by atoms with E-state index in [9.17, 15) is 18.0 Å². The number of fused-ring (bicyclic) bond motifs is 3. The van der Waals surface area contributed by atoms with Gasteiger partial charge in [0.15, 0.2) is 0 Å². The van der Waals surface area contributed by atoms with E-state index in [1.807, 2.05) is 11.3 Å². The highest BCUT2D eigenvalue weighted by Gasteiger charge is 2.53. The fourth-order valence-corrected chi connectivity index (χ4v) is 4.48. The largest absolute Gasteiger partial charge is 0.416 e. The molecule has 1 aliphatic heterocycles. The summed E-state index contributed by atoms with van der Waals surface area (Å²) in [5.74, 6) is 0.946. The van der Waals surface area contributed by atoms with E-state index in [0.717, 1.165) is 29.1 Å². The second-order valence-corrected chi connectivity index (χ2v) is 8.77. The fraction of sp³-hybridized carbons (Fsp3) is 0.435. The summed E-state index contributed by atoms with van der Waals surface area (Å²) in [5, 5.41) is 3.27. The predicted molar refractivity (Wildman–Crippen MR) is 114 cm³/mol. The molecule has 33 heavy (non-hydrogen) atoms. The summed E-state index contributed by atoms with van der Waals surface area (Å²) in [6.07, 6.45) is -1.30. The number of aromatic nitrogens is 3. The van der Waals surface area contributed by atoms with Gasteiger partial charge in [0.2, 0.25) is 5.78 Å². The van der Waals surface area contributed by atoms with Gasteiger partial charge < -0.3 is 15.0 Å². The Bertz CT molecular complexity index is 1250. The smallest absolute Gasteiger partial charge is 0.368 e. The van der Waals surface area contributed by atoms with Crippen LogP contribution in [0.2, 0.25) is 0 Å². The Morgan fingerprint density at radius 1 is 1.27 bits per heavy atom. The van der Waals surface area contributed by atoms with Gasteiger partial charge in [0, 0.05) is 24.4 Å². The van der Waals surface area contributed by atoms with E-state index in [-0.39, 0.29) is 5.91 Å². The number of ether oxygens (including phenoxy) is 1. The monoisotopic (exact) mass is 459 g/mol. The van der Waals surface area contributed by atoms with Crippen LogP contribution in [-0.4, -0.2) is 37.9 Å². The summed E-state index contributed by atoms with van der Waals surface area (Å²) in [6.45, 7) is 4.44. The molecule has 1 aromatic carbocycles. The number of hydrogen-bond acceptors (Lipinski definition) is 5. The van der Waals surface area contributed by atoms with Crippen molar-refractivity contribution >= 4 is 17.5 Å². The number of methoxy groups -OCH3 is 1. The second kappa shape index (κ2) is 7.44. The average molecular weight is 459 g/mol. The number of carbonyl (C=O) groups is 1. The number of alkyl halides is 3. The van der Waals surface area contributed by atoms with E-state index in [4.69, 9.17) is 4.74 Å². The lowest BCUT2D eigenvalue weighted by atomic mass is 10.0. The third kappa shape index (κ3) is 3.62. The van der Waals surface area contributed by atoms with Crippen molar-refractivity contribution in [1.29, 1.82) is 0 Å². The van der Waals surface area contributed by atoms with Crippen LogP contribution >= 0.6 is 0 Å². The Hall–Kier alpha value is -3.14. The molecule has 2 aromatic heterocycles. The first kappa shape index (κ1) is 21.7. The highest BCUT2D eigenvalue weighted by Crippen LogP contribution is 2.43. The fourth-order valence-electron chi connectivity index (χ4n) is 4.48. The number of imidazole rings is 1. The number of carbonyl (C=O) groups excluding carboxylic acids is 1. The van der Waals surface area contributed by atoms with Crippen molar-refractivity contribution in [2.75, 3.05) is 12.4 Å². The summed E-state index contributed by atoms with van der Waals surface area (Å²) < 4.78 is 46.9. The second-order valence-electron chi connectivity index (χ2n) is 8.77. The molecule has 0 saturated heterocycles. The third-order valence-corrected chi connectivity index (χ3v) is 6.56. The molecule has 1 N–H and O–H groups in total. The molecular weight excluding hydrogens is 435 g/mol. The van der Waals surface area contributed by atoms with E-state index in [1.54, 1.807) is 31.2 Å². The molecule has 2 aliphatic rings. The molecule has 1 atom stereocenters. The zero-order chi connectivity index (χ0) is 23.5. The lowest BCUT2D eigenvalue weighted by Gasteiger charge is -2.21. The van der Waals surface area contributed by atoms with Gasteiger partial charge in [-0.1, -0.05) is 12.1 Å². The highest BCUT2D eigenvalue weighted by atomic mass is 19.4. The van der Waals surface area contributed by atoms with E-state index in [2.05, 4.69) is 15.3 Å². The van der Waals surface area contributed by atoms with Crippen molar-refractivity contribution in [2.24, 2.45) is 0 Å². The summed E-state index contributed by atoms with van der Waals surface area (Å²) in [6, 6.07) is 4.80.